The summed E-state index contributed by atoms with van der Waals surface area (Å²) in [6.45, 7) is 0.312. The minimum absolute atomic E-state index is 0.0989. The summed E-state index contributed by atoms with van der Waals surface area (Å²) in [6.07, 6.45) is 2.61. The minimum atomic E-state index is -0.686. The Balaban J connectivity index is 1.26. The standard InChI is InChI=1S/C22H21N5O3S/c28-19(26-21-24-18(14-31-21)16-8-4-5-12-23-16)10-9-17-20(29)27(22(30)25-17)13-11-15-6-2-1-3-7-15/h1-8,12,14,17H,9-11,13H2,(H,25,30)(H,24,26,28)/t17-/m0/s1. The number of pyridine rings is 1. The predicted molar refractivity (Wildman–Crippen MR) is 117 cm³/mol. The Bertz CT molecular complexity index is 1070. The quantitative estimate of drug-likeness (QED) is 0.529. The van der Waals surface area contributed by atoms with E-state index in [1.165, 1.54) is 16.2 Å². The molecule has 3 heterocycles. The molecule has 8 nitrogen and oxygen atoms in total. The molecular formula is C22H21N5O3S. The normalized spacial score (nSPS) is 15.7. The van der Waals surface area contributed by atoms with E-state index < -0.39 is 12.1 Å². The van der Waals surface area contributed by atoms with Gasteiger partial charge < -0.3 is 10.6 Å². The first kappa shape index (κ1) is 20.7. The molecule has 0 aliphatic carbocycles. The number of imide groups is 1. The highest BCUT2D eigenvalue weighted by Crippen LogP contribution is 2.23. The fourth-order valence-corrected chi connectivity index (χ4v) is 4.01. The van der Waals surface area contributed by atoms with Crippen molar-refractivity contribution in [2.45, 2.75) is 25.3 Å². The minimum Gasteiger partial charge on any atom is -0.326 e. The molecule has 4 amide bonds. The van der Waals surface area contributed by atoms with E-state index in [2.05, 4.69) is 20.6 Å². The summed E-state index contributed by atoms with van der Waals surface area (Å²) in [7, 11) is 0. The summed E-state index contributed by atoms with van der Waals surface area (Å²) in [5, 5.41) is 7.71. The molecule has 1 fully saturated rings. The number of aromatic nitrogens is 2. The third-order valence-electron chi connectivity index (χ3n) is 4.91. The van der Waals surface area contributed by atoms with Crippen LogP contribution in [0.2, 0.25) is 0 Å². The van der Waals surface area contributed by atoms with Gasteiger partial charge in [0.1, 0.15) is 11.7 Å². The van der Waals surface area contributed by atoms with Crippen molar-refractivity contribution in [2.75, 3.05) is 11.9 Å². The lowest BCUT2D eigenvalue weighted by molar-refractivity contribution is -0.127. The van der Waals surface area contributed by atoms with Crippen molar-refractivity contribution in [3.8, 4) is 11.4 Å². The highest BCUT2D eigenvalue weighted by Gasteiger charge is 2.37. The van der Waals surface area contributed by atoms with Crippen molar-refractivity contribution in [3.05, 3.63) is 65.7 Å². The topological polar surface area (TPSA) is 104 Å². The Hall–Kier alpha value is -3.59. The van der Waals surface area contributed by atoms with E-state index in [9.17, 15) is 14.4 Å². The summed E-state index contributed by atoms with van der Waals surface area (Å²) in [6, 6.07) is 14.1. The van der Waals surface area contributed by atoms with E-state index in [1.54, 1.807) is 6.20 Å². The van der Waals surface area contributed by atoms with Gasteiger partial charge in [0.15, 0.2) is 5.13 Å². The third kappa shape index (κ3) is 5.13. The van der Waals surface area contributed by atoms with Crippen molar-refractivity contribution < 1.29 is 14.4 Å². The Kier molecular flexibility index (Phi) is 6.32. The van der Waals surface area contributed by atoms with Crippen LogP contribution >= 0.6 is 11.3 Å². The molecule has 1 saturated heterocycles. The molecular weight excluding hydrogens is 414 g/mol. The van der Waals surface area contributed by atoms with E-state index in [1.807, 2.05) is 53.9 Å². The van der Waals surface area contributed by atoms with Crippen LogP contribution in [0.25, 0.3) is 11.4 Å². The van der Waals surface area contributed by atoms with Gasteiger partial charge in [0, 0.05) is 24.5 Å². The molecule has 4 rings (SSSR count). The van der Waals surface area contributed by atoms with Gasteiger partial charge in [0.25, 0.3) is 5.91 Å². The molecule has 158 valence electrons. The summed E-state index contributed by atoms with van der Waals surface area (Å²) < 4.78 is 0. The molecule has 0 saturated carbocycles. The van der Waals surface area contributed by atoms with Crippen molar-refractivity contribution in [1.82, 2.24) is 20.2 Å². The molecule has 1 aliphatic rings. The lowest BCUT2D eigenvalue weighted by Crippen LogP contribution is -2.33. The third-order valence-corrected chi connectivity index (χ3v) is 5.67. The molecule has 0 spiro atoms. The van der Waals surface area contributed by atoms with Crippen molar-refractivity contribution >= 4 is 34.3 Å². The van der Waals surface area contributed by atoms with Crippen LogP contribution in [0.3, 0.4) is 0 Å². The first-order valence-corrected chi connectivity index (χ1v) is 10.8. The zero-order valence-corrected chi connectivity index (χ0v) is 17.5. The van der Waals surface area contributed by atoms with Gasteiger partial charge in [-0.05, 0) is 30.5 Å². The molecule has 0 radical (unpaired) electrons. The number of rotatable bonds is 8. The summed E-state index contributed by atoms with van der Waals surface area (Å²) in [4.78, 5) is 46.9. The fourth-order valence-electron chi connectivity index (χ4n) is 3.29. The van der Waals surface area contributed by atoms with Gasteiger partial charge in [-0.15, -0.1) is 11.3 Å². The number of anilines is 1. The number of carbonyl (C=O) groups is 3. The summed E-state index contributed by atoms with van der Waals surface area (Å²) in [5.41, 5.74) is 2.47. The van der Waals surface area contributed by atoms with Crippen LogP contribution in [0.15, 0.2) is 60.1 Å². The highest BCUT2D eigenvalue weighted by molar-refractivity contribution is 7.14. The number of carbonyl (C=O) groups excluding carboxylic acids is 3. The lowest BCUT2D eigenvalue weighted by Gasteiger charge is -2.13. The SMILES string of the molecule is O=C(CC[C@@H]1NC(=O)N(CCc2ccccc2)C1=O)Nc1nc(-c2ccccn2)cs1. The second-order valence-electron chi connectivity index (χ2n) is 7.07. The van der Waals surface area contributed by atoms with E-state index in [4.69, 9.17) is 0 Å². The second-order valence-corrected chi connectivity index (χ2v) is 7.93. The molecule has 0 bridgehead atoms. The summed E-state index contributed by atoms with van der Waals surface area (Å²) >= 11 is 1.31. The van der Waals surface area contributed by atoms with Gasteiger partial charge in [-0.2, -0.15) is 0 Å². The van der Waals surface area contributed by atoms with Crippen LogP contribution in [0.5, 0.6) is 0 Å². The Morgan fingerprint density at radius 2 is 1.90 bits per heavy atom. The van der Waals surface area contributed by atoms with E-state index in [0.29, 0.717) is 23.8 Å². The molecule has 1 atom stereocenters. The molecule has 2 N–H and O–H groups in total. The van der Waals surface area contributed by atoms with Gasteiger partial charge in [-0.1, -0.05) is 36.4 Å². The van der Waals surface area contributed by atoms with Crippen LogP contribution in [0.4, 0.5) is 9.93 Å². The Morgan fingerprint density at radius 1 is 1.10 bits per heavy atom. The zero-order valence-electron chi connectivity index (χ0n) is 16.7. The average Bonchev–Trinajstić information content (AvgIpc) is 3.36. The number of benzene rings is 1. The first-order valence-electron chi connectivity index (χ1n) is 9.93. The molecule has 2 aromatic heterocycles. The molecule has 9 heteroatoms. The number of nitrogens with one attached hydrogen (secondary N) is 2. The van der Waals surface area contributed by atoms with Crippen molar-refractivity contribution in [3.63, 3.8) is 0 Å². The number of urea groups is 1. The highest BCUT2D eigenvalue weighted by atomic mass is 32.1. The van der Waals surface area contributed by atoms with Gasteiger partial charge in [-0.25, -0.2) is 9.78 Å². The maximum Gasteiger partial charge on any atom is 0.324 e. The molecule has 1 aliphatic heterocycles. The Labute approximate surface area is 183 Å². The van der Waals surface area contributed by atoms with Crippen LogP contribution in [-0.4, -0.2) is 45.3 Å². The van der Waals surface area contributed by atoms with Crippen molar-refractivity contribution in [2.24, 2.45) is 0 Å². The molecule has 0 unspecified atom stereocenters. The molecule has 3 aromatic rings. The molecule has 31 heavy (non-hydrogen) atoms. The second kappa shape index (κ2) is 9.48. The van der Waals surface area contributed by atoms with Crippen LogP contribution in [0, 0.1) is 0 Å². The van der Waals surface area contributed by atoms with Crippen LogP contribution in [0.1, 0.15) is 18.4 Å². The van der Waals surface area contributed by atoms with E-state index in [-0.39, 0.29) is 24.7 Å². The van der Waals surface area contributed by atoms with E-state index in [0.717, 1.165) is 11.3 Å². The first-order chi connectivity index (χ1) is 15.1. The van der Waals surface area contributed by atoms with Gasteiger partial charge >= 0.3 is 6.03 Å². The number of hydrogen-bond donors (Lipinski definition) is 2. The number of amides is 4. The molecule has 1 aromatic carbocycles. The van der Waals surface area contributed by atoms with Crippen LogP contribution in [-0.2, 0) is 16.0 Å². The van der Waals surface area contributed by atoms with E-state index >= 15 is 0 Å². The summed E-state index contributed by atoms with van der Waals surface area (Å²) in [5.74, 6) is -0.549. The largest absolute Gasteiger partial charge is 0.326 e. The maximum atomic E-state index is 12.6. The number of hydrogen-bond acceptors (Lipinski definition) is 6. The van der Waals surface area contributed by atoms with Gasteiger partial charge in [-0.3, -0.25) is 19.5 Å². The lowest BCUT2D eigenvalue weighted by atomic mass is 10.1. The predicted octanol–water partition coefficient (Wildman–Crippen LogP) is 3.09. The monoisotopic (exact) mass is 435 g/mol. The average molecular weight is 436 g/mol. The Morgan fingerprint density at radius 3 is 2.68 bits per heavy atom. The fraction of sp³-hybridized carbons (Fsp3) is 0.227. The zero-order chi connectivity index (χ0) is 21.6. The number of nitrogens with zero attached hydrogens (tertiary/aromatic N) is 3. The maximum absolute atomic E-state index is 12.6. The number of thiazole rings is 1. The smallest absolute Gasteiger partial charge is 0.324 e. The van der Waals surface area contributed by atoms with Gasteiger partial charge in [0.2, 0.25) is 5.91 Å². The van der Waals surface area contributed by atoms with Crippen molar-refractivity contribution in [1.29, 1.82) is 0 Å². The van der Waals surface area contributed by atoms with Gasteiger partial charge in [0.05, 0.1) is 5.69 Å². The van der Waals surface area contributed by atoms with Crippen LogP contribution < -0.4 is 10.6 Å².